The molecule has 0 aliphatic carbocycles. The van der Waals surface area contributed by atoms with E-state index in [-0.39, 0.29) is 99.8 Å². The Labute approximate surface area is 510 Å². The Kier molecular flexibility index (Phi) is 25.6. The molecule has 2 aromatic carbocycles. The number of aliphatic hydroxyl groups is 1. The summed E-state index contributed by atoms with van der Waals surface area (Å²) in [6, 6.07) is 1.59. The number of guanidine groups is 1. The second-order valence-electron chi connectivity index (χ2n) is 23.2. The molecule has 4 aromatic rings. The molecule has 2 aliphatic heterocycles. The van der Waals surface area contributed by atoms with E-state index in [0.29, 0.717) is 54.4 Å². The van der Waals surface area contributed by atoms with Crippen molar-refractivity contribution in [3.63, 3.8) is 0 Å². The van der Waals surface area contributed by atoms with Gasteiger partial charge in [-0.05, 0) is 99.5 Å². The van der Waals surface area contributed by atoms with Gasteiger partial charge in [0.15, 0.2) is 5.96 Å². The van der Waals surface area contributed by atoms with E-state index in [2.05, 4.69) is 68.1 Å². The third-order valence-electron chi connectivity index (χ3n) is 15.3. The maximum absolute atomic E-state index is 14.7. The van der Waals surface area contributed by atoms with Crippen LogP contribution in [0.5, 0.6) is 5.75 Å². The molecule has 0 spiro atoms. The fourth-order valence-corrected chi connectivity index (χ4v) is 10.6. The monoisotopic (exact) mass is 1220 g/mol. The van der Waals surface area contributed by atoms with Crippen molar-refractivity contribution in [2.45, 2.75) is 166 Å². The van der Waals surface area contributed by atoms with Gasteiger partial charge in [-0.25, -0.2) is 4.98 Å². The zero-order chi connectivity index (χ0) is 64.0. The van der Waals surface area contributed by atoms with E-state index in [0.717, 1.165) is 5.52 Å². The summed E-state index contributed by atoms with van der Waals surface area (Å²) in [7, 11) is 0. The van der Waals surface area contributed by atoms with E-state index in [9.17, 15) is 58.2 Å². The number of rotatable bonds is 33. The Morgan fingerprint density at radius 3 is 1.93 bits per heavy atom. The van der Waals surface area contributed by atoms with Crippen molar-refractivity contribution in [1.82, 2.24) is 73.0 Å². The predicted octanol–water partition coefficient (Wildman–Crippen LogP) is -0.838. The van der Waals surface area contributed by atoms with Gasteiger partial charge in [-0.3, -0.25) is 53.4 Å². The number of aliphatic hydroxyl groups excluding tert-OH is 1. The second kappa shape index (κ2) is 33.2. The Balaban J connectivity index is 1.23. The fourth-order valence-electron chi connectivity index (χ4n) is 10.6. The van der Waals surface area contributed by atoms with Crippen LogP contribution in [0.25, 0.3) is 10.9 Å². The number of likely N-dealkylation sites (N-methyl/N-ethyl adjacent to an activating group) is 1. The van der Waals surface area contributed by atoms with Crippen LogP contribution in [-0.2, 0) is 67.2 Å². The highest BCUT2D eigenvalue weighted by atomic mass is 16.3. The third kappa shape index (κ3) is 20.3. The number of nitrogens with two attached hydrogens (primary N) is 1. The van der Waals surface area contributed by atoms with Crippen LogP contribution in [0.1, 0.15) is 109 Å². The number of aromatic hydroxyl groups is 1. The molecule has 88 heavy (non-hydrogen) atoms. The van der Waals surface area contributed by atoms with Gasteiger partial charge in [-0.2, -0.15) is 0 Å². The van der Waals surface area contributed by atoms with Crippen LogP contribution >= 0.6 is 0 Å². The van der Waals surface area contributed by atoms with Crippen LogP contribution in [0.2, 0.25) is 0 Å². The summed E-state index contributed by atoms with van der Waals surface area (Å²) in [6.45, 7) is 9.09. The van der Waals surface area contributed by atoms with Crippen molar-refractivity contribution < 1.29 is 58.2 Å². The summed E-state index contributed by atoms with van der Waals surface area (Å²) in [5.74, 6) is -7.42. The first-order chi connectivity index (χ1) is 42.0. The van der Waals surface area contributed by atoms with Crippen LogP contribution < -0.4 is 58.9 Å². The van der Waals surface area contributed by atoms with Gasteiger partial charge in [-0.15, -0.1) is 0 Å². The Bertz CT molecular complexity index is 3060. The number of carbonyl (C=O) groups excluding carboxylic acids is 10. The molecule has 2 aliphatic rings. The number of fused-ring (bicyclic) bond motifs is 1. The summed E-state index contributed by atoms with van der Waals surface area (Å²) in [4.78, 5) is 151. The lowest BCUT2D eigenvalue weighted by molar-refractivity contribution is -0.142. The molecule has 28 nitrogen and oxygen atoms in total. The topological polar surface area (TPSA) is 429 Å². The number of imidazole rings is 1. The lowest BCUT2D eigenvalue weighted by Crippen LogP contribution is -2.61. The molecular formula is C60H86N16O12. The largest absolute Gasteiger partial charge is 0.508 e. The van der Waals surface area contributed by atoms with Crippen LogP contribution in [0.3, 0.4) is 0 Å². The van der Waals surface area contributed by atoms with Crippen molar-refractivity contribution >= 4 is 75.9 Å². The number of carbonyl (C=O) groups is 10. The number of nitrogens with zero attached hydrogens (tertiary/aromatic N) is 2. The predicted molar refractivity (Wildman–Crippen MR) is 324 cm³/mol. The van der Waals surface area contributed by atoms with Crippen molar-refractivity contribution in [2.24, 2.45) is 17.6 Å². The highest BCUT2D eigenvalue weighted by molar-refractivity contribution is 5.99. The molecule has 17 N–H and O–H groups in total. The number of hydrogen-bond acceptors (Lipinski definition) is 14. The normalized spacial score (nSPS) is 17.1. The second-order valence-corrected chi connectivity index (χ2v) is 23.2. The van der Waals surface area contributed by atoms with E-state index < -0.39 is 108 Å². The average Bonchev–Trinajstić information content (AvgIpc) is 4.12. The van der Waals surface area contributed by atoms with Crippen LogP contribution in [0.15, 0.2) is 67.3 Å². The zero-order valence-electron chi connectivity index (χ0n) is 50.5. The minimum Gasteiger partial charge on any atom is -0.508 e. The van der Waals surface area contributed by atoms with Gasteiger partial charge in [0.1, 0.15) is 60.1 Å². The number of hydrogen-bond donors (Lipinski definition) is 16. The molecule has 28 heteroatoms. The number of amides is 10. The number of aromatic amines is 2. The molecular weight excluding hydrogens is 1140 g/mol. The molecule has 2 aromatic heterocycles. The van der Waals surface area contributed by atoms with Gasteiger partial charge in [-0.1, -0.05) is 58.0 Å². The molecule has 478 valence electrons. The Morgan fingerprint density at radius 2 is 1.31 bits per heavy atom. The molecule has 9 atom stereocenters. The molecule has 4 heterocycles. The van der Waals surface area contributed by atoms with Gasteiger partial charge in [0.25, 0.3) is 0 Å². The van der Waals surface area contributed by atoms with Gasteiger partial charge < -0.3 is 84.0 Å². The minimum atomic E-state index is -1.75. The van der Waals surface area contributed by atoms with Crippen LogP contribution in [0, 0.1) is 17.2 Å². The highest BCUT2D eigenvalue weighted by Crippen LogP contribution is 2.22. The summed E-state index contributed by atoms with van der Waals surface area (Å²) in [6.07, 6.45) is 6.31. The highest BCUT2D eigenvalue weighted by Gasteiger charge is 2.40. The van der Waals surface area contributed by atoms with Gasteiger partial charge in [0, 0.05) is 74.3 Å². The van der Waals surface area contributed by atoms with E-state index in [1.165, 1.54) is 41.7 Å². The van der Waals surface area contributed by atoms with Gasteiger partial charge in [0.2, 0.25) is 59.1 Å². The number of phenols is 1. The van der Waals surface area contributed by atoms with Crippen molar-refractivity contribution in [3.05, 3.63) is 84.1 Å². The van der Waals surface area contributed by atoms with Gasteiger partial charge >= 0.3 is 0 Å². The minimum absolute atomic E-state index is 0.0405. The summed E-state index contributed by atoms with van der Waals surface area (Å²) in [5.41, 5.74) is 7.71. The summed E-state index contributed by atoms with van der Waals surface area (Å²) in [5, 5.41) is 56.2. The molecule has 2 fully saturated rings. The quantitative estimate of drug-likeness (QED) is 0.0157. The first kappa shape index (κ1) is 68.0. The molecule has 0 radical (unpaired) electrons. The number of para-hydroxylation sites is 1. The molecule has 0 saturated carbocycles. The Hall–Kier alpha value is -9.08. The lowest BCUT2D eigenvalue weighted by atomic mass is 9.99. The third-order valence-corrected chi connectivity index (χ3v) is 15.3. The van der Waals surface area contributed by atoms with E-state index in [1.54, 1.807) is 31.3 Å². The maximum atomic E-state index is 14.7. The van der Waals surface area contributed by atoms with Crippen LogP contribution in [0.4, 0.5) is 0 Å². The number of nitrogens with one attached hydrogen (secondary N) is 13. The fraction of sp³-hybridized carbons (Fsp3) is 0.533. The molecule has 2 saturated heterocycles. The van der Waals surface area contributed by atoms with E-state index >= 15 is 0 Å². The first-order valence-electron chi connectivity index (χ1n) is 30.0. The van der Waals surface area contributed by atoms with Crippen molar-refractivity contribution in [1.29, 1.82) is 5.41 Å². The maximum Gasteiger partial charge on any atom is 0.245 e. The number of H-pyrrole nitrogens is 2. The average molecular weight is 1220 g/mol. The molecule has 10 amide bonds. The first-order valence-corrected chi connectivity index (χ1v) is 30.0. The summed E-state index contributed by atoms with van der Waals surface area (Å²) < 4.78 is 0. The lowest BCUT2D eigenvalue weighted by Gasteiger charge is -2.30. The molecule has 0 bridgehead atoms. The SMILES string of the molecule is CCNC(=O)C1CCCN1C(=O)C(CCCNC(=N)N)NC(=O)[C@H](CCC(C)C)NC(=O)[C@@H](CC(C)C)NC(=O)C(Cc1ccc(O)cc1)NC(=O)[C@H](CO)NC(=O)[C@H](Cc1c[nH]c2ccccc12)NC(=O)C(Cc1cnc[nH]1)NC(=O)[C@@H]1CCC(=O)N1. The summed E-state index contributed by atoms with van der Waals surface area (Å²) >= 11 is 0. The number of benzene rings is 2. The zero-order valence-corrected chi connectivity index (χ0v) is 50.5. The van der Waals surface area contributed by atoms with E-state index in [4.69, 9.17) is 11.1 Å². The smallest absolute Gasteiger partial charge is 0.245 e. The number of aromatic nitrogens is 3. The van der Waals surface area contributed by atoms with Crippen molar-refractivity contribution in [3.8, 4) is 5.75 Å². The van der Waals surface area contributed by atoms with Crippen molar-refractivity contribution in [2.75, 3.05) is 26.2 Å². The van der Waals surface area contributed by atoms with Gasteiger partial charge in [0.05, 0.1) is 12.9 Å². The van der Waals surface area contributed by atoms with Crippen LogP contribution in [-0.4, -0.2) is 176 Å². The molecule has 4 unspecified atom stereocenters. The number of phenolic OH excluding ortho intramolecular Hbond substituents is 1. The molecule has 6 rings (SSSR count). The number of likely N-dealkylation sites (tertiary alicyclic amines) is 1. The standard InChI is InChI=1S/C60H86N16O12/c1-6-64-58(87)49-14-10-24-76(49)59(88)43(13-9-23-65-60(61)62)70-52(81)42(20-15-33(2)3)69-53(82)44(25-34(4)5)71-54(83)45(26-35-16-18-38(78)19-17-35)72-57(86)48(31-77)75-55(84)46(27-36-29-66-40-12-8-7-11-39(36)40)73-56(85)47(28-37-30-63-32-67-37)74-51(80)41-21-22-50(79)68-41/h7-8,11-12,16-19,29-30,32-34,41-49,66,77-78H,6,9-10,13-15,20-28,31H2,1-5H3,(H,63,67)(H,64,87)(H,68,79)(H,69,82)(H,70,81)(H,71,83)(H,72,86)(H,73,85)(H,74,80)(H,75,84)(H4,61,62,65)/t41-,42-,43?,44+,45?,46-,47?,48-,49?/m0/s1. The Morgan fingerprint density at radius 1 is 0.693 bits per heavy atom. The van der Waals surface area contributed by atoms with E-state index in [1.807, 2.05) is 33.8 Å².